The number of ketones is 3. The minimum atomic E-state index is -3.40. The van der Waals surface area contributed by atoms with Crippen molar-refractivity contribution in [3.05, 3.63) is 0 Å². The van der Waals surface area contributed by atoms with Crippen LogP contribution >= 0.6 is 0 Å². The first-order chi connectivity index (χ1) is 19.7. The van der Waals surface area contributed by atoms with Crippen molar-refractivity contribution >= 4 is 35.1 Å². The van der Waals surface area contributed by atoms with Crippen LogP contribution in [0, 0.1) is 11.8 Å². The summed E-state index contributed by atoms with van der Waals surface area (Å²) in [6.45, 7) is 9.33. The molecule has 0 aromatic carbocycles. The lowest BCUT2D eigenvalue weighted by atomic mass is 9.60. The number of amides is 2. The summed E-state index contributed by atoms with van der Waals surface area (Å²) in [6.07, 6.45) is -4.10. The van der Waals surface area contributed by atoms with E-state index in [4.69, 9.17) is 4.11 Å². The Hall–Kier alpha value is -2.74. The van der Waals surface area contributed by atoms with Gasteiger partial charge in [0.2, 0.25) is 11.4 Å². The first-order valence-electron chi connectivity index (χ1n) is 15.0. The number of rotatable bonds is 16. The molecule has 0 rings (SSSR count). The summed E-state index contributed by atoms with van der Waals surface area (Å²) in [6, 6.07) is -1.41. The van der Waals surface area contributed by atoms with Gasteiger partial charge in [-0.1, -0.05) is 40.5 Å². The molecule has 0 heterocycles. The molecule has 0 aromatic rings. The van der Waals surface area contributed by atoms with E-state index in [9.17, 15) is 44.4 Å². The van der Waals surface area contributed by atoms with Gasteiger partial charge in [-0.05, 0) is 46.6 Å². The van der Waals surface area contributed by atoms with Crippen LogP contribution < -0.4 is 5.32 Å². The summed E-state index contributed by atoms with van der Waals surface area (Å²) in [4.78, 5) is 84.2. The lowest BCUT2D eigenvalue weighted by molar-refractivity contribution is -0.182. The van der Waals surface area contributed by atoms with Crippen molar-refractivity contribution < 1.29 is 53.3 Å². The standard InChI is InChI=1S/C27H47N3O10/c1-12-14(3)26(19(33)16(5)28-9,29(10)20(34)17(6)31)23(37)27(15(4)13-2,30(11)21(35)18(7)32)22(36)25(8,40)24(38)39/h14-18,28,31-32,40H,12-13H2,1-11H3,(H,38,39)/t14-,15-,16-,17-,18-,25+,26+,27-/m0/s1/i9D,10D,11D. The number of aliphatic hydroxyl groups is 3. The predicted octanol–water partition coefficient (Wildman–Crippen LogP) is -0.615. The van der Waals surface area contributed by atoms with Crippen LogP contribution in [0.15, 0.2) is 0 Å². The normalized spacial score (nSPS) is 20.8. The van der Waals surface area contributed by atoms with Gasteiger partial charge in [-0.25, -0.2) is 4.79 Å². The third kappa shape index (κ3) is 5.97. The van der Waals surface area contributed by atoms with Gasteiger partial charge >= 0.3 is 5.97 Å². The van der Waals surface area contributed by atoms with Crippen LogP contribution in [-0.4, -0.2) is 121 Å². The smallest absolute Gasteiger partial charge is 0.343 e. The number of carboxylic acid groups (broad SMARTS) is 1. The fourth-order valence-corrected chi connectivity index (χ4v) is 4.73. The van der Waals surface area contributed by atoms with Gasteiger partial charge in [0.1, 0.15) is 12.2 Å². The molecular formula is C27H47N3O10. The van der Waals surface area contributed by atoms with E-state index in [2.05, 4.69) is 5.32 Å². The minimum Gasteiger partial charge on any atom is -0.479 e. The maximum atomic E-state index is 15.5. The molecule has 13 heteroatoms. The Morgan fingerprint density at radius 2 is 1.20 bits per heavy atom. The minimum absolute atomic E-state index is 0.0833. The lowest BCUT2D eigenvalue weighted by Crippen LogP contribution is -2.80. The van der Waals surface area contributed by atoms with Crippen molar-refractivity contribution in [1.29, 1.82) is 0 Å². The first-order valence-corrected chi connectivity index (χ1v) is 12.9. The quantitative estimate of drug-likeness (QED) is 0.147. The van der Waals surface area contributed by atoms with Gasteiger partial charge in [-0.3, -0.25) is 24.0 Å². The number of nitrogens with one attached hydrogen (secondary N) is 1. The van der Waals surface area contributed by atoms with Crippen LogP contribution in [0.4, 0.5) is 0 Å². The molecule has 0 aliphatic rings. The number of carbonyl (C=O) groups is 6. The van der Waals surface area contributed by atoms with E-state index in [1.807, 2.05) is 0 Å². The number of nitrogens with zero attached hydrogens (tertiary/aromatic N) is 2. The fourth-order valence-electron chi connectivity index (χ4n) is 4.73. The summed E-state index contributed by atoms with van der Waals surface area (Å²) >= 11 is 0. The molecule has 0 aliphatic heterocycles. The zero-order valence-electron chi connectivity index (χ0n) is 27.6. The number of aliphatic carboxylic acids is 1. The van der Waals surface area contributed by atoms with Crippen LogP contribution in [0.5, 0.6) is 0 Å². The second-order valence-electron chi connectivity index (χ2n) is 10.4. The third-order valence-corrected chi connectivity index (χ3v) is 7.72. The van der Waals surface area contributed by atoms with Crippen LogP contribution in [0.3, 0.4) is 0 Å². The molecular weight excluding hydrogens is 526 g/mol. The average molecular weight is 577 g/mol. The molecule has 0 fully saturated rings. The molecule has 0 spiro atoms. The Morgan fingerprint density at radius 3 is 1.52 bits per heavy atom. The molecule has 230 valence electrons. The molecule has 0 aromatic heterocycles. The van der Waals surface area contributed by atoms with Crippen molar-refractivity contribution in [1.82, 2.24) is 15.1 Å². The molecule has 0 bridgehead atoms. The Bertz CT molecular complexity index is 1060. The third-order valence-electron chi connectivity index (χ3n) is 7.72. The molecule has 0 saturated carbocycles. The van der Waals surface area contributed by atoms with E-state index >= 15 is 4.79 Å². The highest BCUT2D eigenvalue weighted by Gasteiger charge is 2.69. The summed E-state index contributed by atoms with van der Waals surface area (Å²) < 4.78 is 24.0. The zero-order valence-corrected chi connectivity index (χ0v) is 24.6. The first kappa shape index (κ1) is 31.8. The van der Waals surface area contributed by atoms with Crippen molar-refractivity contribution in [2.45, 2.75) is 103 Å². The highest BCUT2D eigenvalue weighted by molar-refractivity contribution is 6.30. The SMILES string of the molecule is [2H]CN[C@@H](C)C(=O)[C@@](C(=O)[C@@](C(=O)[C@@](C)(O)C(=O)O)([C@@H](C)CC)N(C[2H])C(=O)[C@H](C)O)([C@@H](C)CC)N(C[2H])C(=O)[C@H](C)O. The molecule has 13 nitrogen and oxygen atoms in total. The molecule has 8 atom stereocenters. The molecule has 40 heavy (non-hydrogen) atoms. The largest absolute Gasteiger partial charge is 0.479 e. The molecule has 0 radical (unpaired) electrons. The number of likely N-dealkylation sites (N-methyl/N-ethyl adjacent to an activating group) is 3. The van der Waals surface area contributed by atoms with E-state index in [1.54, 1.807) is 0 Å². The average Bonchev–Trinajstić information content (AvgIpc) is 2.95. The highest BCUT2D eigenvalue weighted by atomic mass is 16.4. The number of carbonyl (C=O) groups excluding carboxylic acids is 5. The van der Waals surface area contributed by atoms with Crippen LogP contribution in [0.2, 0.25) is 0 Å². The van der Waals surface area contributed by atoms with Gasteiger partial charge < -0.3 is 35.5 Å². The summed E-state index contributed by atoms with van der Waals surface area (Å²) in [5.74, 6) is -12.1. The zero-order chi connectivity index (χ0) is 34.2. The van der Waals surface area contributed by atoms with Gasteiger partial charge in [0.15, 0.2) is 22.6 Å². The fraction of sp³-hybridized carbons (Fsp3) is 0.778. The maximum Gasteiger partial charge on any atom is 0.343 e. The summed E-state index contributed by atoms with van der Waals surface area (Å²) in [5.41, 5.74) is -9.48. The predicted molar refractivity (Wildman–Crippen MR) is 145 cm³/mol. The van der Waals surface area contributed by atoms with Crippen LogP contribution in [0.1, 0.15) is 72.3 Å². The van der Waals surface area contributed by atoms with Crippen LogP contribution in [0.25, 0.3) is 0 Å². The summed E-state index contributed by atoms with van der Waals surface area (Å²) in [7, 11) is -2.92. The van der Waals surface area contributed by atoms with E-state index in [0.717, 1.165) is 13.8 Å². The molecule has 0 aliphatic carbocycles. The van der Waals surface area contributed by atoms with Crippen molar-refractivity contribution in [3.8, 4) is 0 Å². The highest BCUT2D eigenvalue weighted by Crippen LogP contribution is 2.42. The number of hydrogen-bond donors (Lipinski definition) is 5. The monoisotopic (exact) mass is 576 g/mol. The second-order valence-corrected chi connectivity index (χ2v) is 10.4. The Labute approximate surface area is 240 Å². The number of aliphatic hydroxyl groups excluding tert-OH is 2. The van der Waals surface area contributed by atoms with Gasteiger partial charge in [-0.15, -0.1) is 0 Å². The van der Waals surface area contributed by atoms with Crippen LogP contribution in [-0.2, 0) is 28.8 Å². The maximum absolute atomic E-state index is 15.5. The number of carboxylic acids is 1. The molecule has 2 amide bonds. The number of hydrogen-bond acceptors (Lipinski definition) is 10. The molecule has 0 saturated heterocycles. The van der Waals surface area contributed by atoms with Crippen molar-refractivity contribution in [3.63, 3.8) is 0 Å². The number of Topliss-reactive ketones (excluding diaryl/α,β-unsaturated/α-hetero) is 3. The van der Waals surface area contributed by atoms with Gasteiger partial charge in [0.25, 0.3) is 11.8 Å². The van der Waals surface area contributed by atoms with Crippen molar-refractivity contribution in [2.24, 2.45) is 11.8 Å². The van der Waals surface area contributed by atoms with Crippen molar-refractivity contribution in [2.75, 3.05) is 21.1 Å². The van der Waals surface area contributed by atoms with Gasteiger partial charge in [-0.2, -0.15) is 0 Å². The topological polar surface area (TPSA) is 202 Å². The van der Waals surface area contributed by atoms with E-state index < -0.39 is 103 Å². The second kappa shape index (κ2) is 13.7. The van der Waals surface area contributed by atoms with E-state index in [1.165, 1.54) is 34.6 Å². The Kier molecular flexibility index (Phi) is 10.9. The molecule has 5 N–H and O–H groups in total. The summed E-state index contributed by atoms with van der Waals surface area (Å²) in [5, 5.41) is 43.9. The van der Waals surface area contributed by atoms with E-state index in [0.29, 0.717) is 11.8 Å². The van der Waals surface area contributed by atoms with Gasteiger partial charge in [0.05, 0.1) is 6.04 Å². The van der Waals surface area contributed by atoms with Gasteiger partial charge in [0, 0.05) is 18.2 Å². The van der Waals surface area contributed by atoms with E-state index in [-0.39, 0.29) is 17.7 Å². The molecule has 0 unspecified atom stereocenters. The Morgan fingerprint density at radius 1 is 0.800 bits per heavy atom. The lowest BCUT2D eigenvalue weighted by Gasteiger charge is -2.53. The Balaban J connectivity index is 8.87.